The van der Waals surface area contributed by atoms with Crippen LogP contribution in [0, 0.1) is 0 Å². The third-order valence-corrected chi connectivity index (χ3v) is 3.35. The number of nitrogens with one attached hydrogen (secondary N) is 1. The van der Waals surface area contributed by atoms with Crippen molar-refractivity contribution in [3.8, 4) is 0 Å². The quantitative estimate of drug-likeness (QED) is 0.682. The summed E-state index contributed by atoms with van der Waals surface area (Å²) in [6.07, 6.45) is 3.89. The normalized spacial score (nSPS) is 11.5. The van der Waals surface area contributed by atoms with Crippen molar-refractivity contribution >= 4 is 30.1 Å². The van der Waals surface area contributed by atoms with Gasteiger partial charge in [0.2, 0.25) is 5.91 Å². The molecule has 1 amide bonds. The highest BCUT2D eigenvalue weighted by molar-refractivity contribution is 7.04. The number of carbonyl (C=O) groups is 1. The van der Waals surface area contributed by atoms with Gasteiger partial charge < -0.3 is 10.1 Å². The second-order valence-corrected chi connectivity index (χ2v) is 4.98. The number of methoxy groups -OCH3 is 1. The van der Waals surface area contributed by atoms with Gasteiger partial charge in [0.05, 0.1) is 9.75 Å². The average molecular weight is 282 g/mol. The lowest BCUT2D eigenvalue weighted by molar-refractivity contribution is -0.121. The Labute approximate surface area is 115 Å². The summed E-state index contributed by atoms with van der Waals surface area (Å²) < 4.78 is 6.91. The second kappa shape index (κ2) is 7.70. The largest absolute Gasteiger partial charge is 0.385 e. The lowest BCUT2D eigenvalue weighted by Crippen LogP contribution is -2.37. The number of ether oxygens (including phenoxy) is 1. The van der Waals surface area contributed by atoms with Crippen LogP contribution in [-0.4, -0.2) is 30.1 Å². The molecule has 0 saturated carbocycles. The minimum atomic E-state index is -0.207. The molecule has 1 N–H and O–H groups in total. The number of allylic oxidation sites excluding steroid dienone is 1. The summed E-state index contributed by atoms with van der Waals surface area (Å²) in [5, 5.41) is 3.22. The van der Waals surface area contributed by atoms with Crippen LogP contribution >= 0.6 is 11.5 Å². The van der Waals surface area contributed by atoms with Gasteiger partial charge in [-0.1, -0.05) is 30.8 Å². The van der Waals surface area contributed by atoms with E-state index in [9.17, 15) is 9.59 Å². The van der Waals surface area contributed by atoms with Crippen molar-refractivity contribution in [1.29, 1.82) is 0 Å². The molecule has 0 atom stereocenters. The Morgan fingerprint density at radius 1 is 1.58 bits per heavy atom. The molecule has 0 unspecified atom stereocenters. The van der Waals surface area contributed by atoms with Gasteiger partial charge in [-0.3, -0.25) is 13.5 Å². The molecule has 0 aliphatic heterocycles. The first kappa shape index (κ1) is 15.4. The van der Waals surface area contributed by atoms with Crippen LogP contribution in [0.15, 0.2) is 17.4 Å². The Balaban J connectivity index is 2.68. The van der Waals surface area contributed by atoms with E-state index in [0.717, 1.165) is 6.42 Å². The highest BCUT2D eigenvalue weighted by Gasteiger charge is 2.07. The van der Waals surface area contributed by atoms with Crippen LogP contribution in [0.25, 0.3) is 12.7 Å². The van der Waals surface area contributed by atoms with Gasteiger partial charge in [-0.2, -0.15) is 0 Å². The number of amides is 1. The molecule has 6 heteroatoms. The summed E-state index contributed by atoms with van der Waals surface area (Å²) in [6.45, 7) is 8.49. The molecule has 0 aromatic carbocycles. The molecule has 0 bridgehead atoms. The van der Waals surface area contributed by atoms with E-state index in [-0.39, 0.29) is 18.0 Å². The molecule has 0 fully saturated rings. The summed E-state index contributed by atoms with van der Waals surface area (Å²) in [7, 11) is 1.61. The molecular formula is C13H18N2O3S. The Hall–Kier alpha value is -1.66. The van der Waals surface area contributed by atoms with E-state index in [1.54, 1.807) is 13.2 Å². The van der Waals surface area contributed by atoms with E-state index < -0.39 is 0 Å². The number of aromatic nitrogens is 1. The molecule has 0 spiro atoms. The molecule has 1 aromatic heterocycles. The minimum absolute atomic E-state index is 0.0178. The molecule has 1 heterocycles. The fourth-order valence-corrected chi connectivity index (χ4v) is 2.38. The van der Waals surface area contributed by atoms with Crippen LogP contribution in [0.2, 0.25) is 0 Å². The van der Waals surface area contributed by atoms with Gasteiger partial charge in [-0.25, -0.2) is 0 Å². The second-order valence-electron chi connectivity index (χ2n) is 3.87. The van der Waals surface area contributed by atoms with Crippen molar-refractivity contribution in [3.05, 3.63) is 32.8 Å². The molecule has 0 aliphatic rings. The Morgan fingerprint density at radius 2 is 2.32 bits per heavy atom. The minimum Gasteiger partial charge on any atom is -0.385 e. The maximum atomic E-state index is 11.9. The van der Waals surface area contributed by atoms with E-state index in [1.165, 1.54) is 21.6 Å². The highest BCUT2D eigenvalue weighted by atomic mass is 32.1. The van der Waals surface area contributed by atoms with Crippen LogP contribution in [0.5, 0.6) is 0 Å². The molecule has 19 heavy (non-hydrogen) atoms. The summed E-state index contributed by atoms with van der Waals surface area (Å²) in [4.78, 5) is 23.6. The van der Waals surface area contributed by atoms with E-state index in [0.29, 0.717) is 22.9 Å². The first-order valence-corrected chi connectivity index (χ1v) is 6.65. The monoisotopic (exact) mass is 282 g/mol. The summed E-state index contributed by atoms with van der Waals surface area (Å²) in [5.41, 5.74) is -0.207. The standard InChI is InChI=1S/C13H18N2O3S/c1-4-6-11-10(2)19-15(13(11)17)9-12(16)14-7-5-8-18-3/h4,6H,1-2,5,7-9H2,3H3,(H,14,16). The smallest absolute Gasteiger partial charge is 0.268 e. The van der Waals surface area contributed by atoms with Crippen LogP contribution in [0.3, 0.4) is 0 Å². The first-order chi connectivity index (χ1) is 9.10. The van der Waals surface area contributed by atoms with E-state index >= 15 is 0 Å². The van der Waals surface area contributed by atoms with Gasteiger partial charge in [-0.05, 0) is 12.5 Å². The highest BCUT2D eigenvalue weighted by Crippen LogP contribution is 1.85. The predicted octanol–water partition coefficient (Wildman–Crippen LogP) is -0.561. The van der Waals surface area contributed by atoms with Crippen LogP contribution in [-0.2, 0) is 16.1 Å². The van der Waals surface area contributed by atoms with Crippen LogP contribution in [0.1, 0.15) is 6.42 Å². The molecule has 0 radical (unpaired) electrons. The molecule has 1 rings (SSSR count). The Bertz CT molecular complexity index is 600. The topological polar surface area (TPSA) is 60.3 Å². The van der Waals surface area contributed by atoms with E-state index in [1.807, 2.05) is 0 Å². The van der Waals surface area contributed by atoms with Gasteiger partial charge in [0.15, 0.2) is 0 Å². The number of hydrogen-bond acceptors (Lipinski definition) is 4. The van der Waals surface area contributed by atoms with Crippen molar-refractivity contribution in [1.82, 2.24) is 9.27 Å². The molecule has 5 nitrogen and oxygen atoms in total. The third kappa shape index (κ3) is 4.50. The van der Waals surface area contributed by atoms with Crippen molar-refractivity contribution in [2.45, 2.75) is 13.0 Å². The lowest BCUT2D eigenvalue weighted by atomic mass is 10.4. The van der Waals surface area contributed by atoms with Crippen LogP contribution in [0.4, 0.5) is 0 Å². The number of rotatable bonds is 7. The fourth-order valence-electron chi connectivity index (χ4n) is 1.49. The number of nitrogens with zero attached hydrogens (tertiary/aromatic N) is 1. The lowest BCUT2D eigenvalue weighted by Gasteiger charge is -2.04. The Morgan fingerprint density at radius 3 is 2.95 bits per heavy atom. The summed E-state index contributed by atoms with van der Waals surface area (Å²) >= 11 is 1.18. The van der Waals surface area contributed by atoms with Crippen LogP contribution < -0.4 is 20.6 Å². The van der Waals surface area contributed by atoms with Gasteiger partial charge in [0.1, 0.15) is 6.54 Å². The van der Waals surface area contributed by atoms with E-state index in [2.05, 4.69) is 18.5 Å². The zero-order chi connectivity index (χ0) is 14.3. The molecule has 104 valence electrons. The SMILES string of the molecule is C=CC=c1c(=C)sn(CC(=O)NCCCOC)c1=O. The van der Waals surface area contributed by atoms with Gasteiger partial charge >= 0.3 is 0 Å². The fraction of sp³-hybridized carbons (Fsp3) is 0.385. The number of hydrogen-bond donors (Lipinski definition) is 1. The van der Waals surface area contributed by atoms with Crippen molar-refractivity contribution < 1.29 is 9.53 Å². The third-order valence-electron chi connectivity index (χ3n) is 2.40. The summed E-state index contributed by atoms with van der Waals surface area (Å²) in [5.74, 6) is -0.190. The first-order valence-electron chi connectivity index (χ1n) is 5.87. The van der Waals surface area contributed by atoms with Gasteiger partial charge in [0.25, 0.3) is 5.56 Å². The van der Waals surface area contributed by atoms with E-state index in [4.69, 9.17) is 4.74 Å². The maximum absolute atomic E-state index is 11.9. The maximum Gasteiger partial charge on any atom is 0.268 e. The predicted molar refractivity (Wildman–Crippen MR) is 77.5 cm³/mol. The molecular weight excluding hydrogens is 264 g/mol. The Kier molecular flexibility index (Phi) is 6.24. The zero-order valence-electron chi connectivity index (χ0n) is 11.0. The summed E-state index contributed by atoms with van der Waals surface area (Å²) in [6, 6.07) is 0. The van der Waals surface area contributed by atoms with Crippen molar-refractivity contribution in [3.63, 3.8) is 0 Å². The average Bonchev–Trinajstić information content (AvgIpc) is 2.63. The van der Waals surface area contributed by atoms with Gasteiger partial charge in [-0.15, -0.1) is 0 Å². The van der Waals surface area contributed by atoms with Crippen molar-refractivity contribution in [2.75, 3.05) is 20.3 Å². The molecule has 1 aromatic rings. The molecule has 0 saturated heterocycles. The van der Waals surface area contributed by atoms with Gasteiger partial charge in [0, 0.05) is 20.3 Å². The number of carbonyl (C=O) groups excluding carboxylic acids is 1. The zero-order valence-corrected chi connectivity index (χ0v) is 11.8. The molecule has 0 aliphatic carbocycles. The van der Waals surface area contributed by atoms with Crippen molar-refractivity contribution in [2.24, 2.45) is 0 Å².